The van der Waals surface area contributed by atoms with Gasteiger partial charge >= 0.3 is 18.0 Å². The summed E-state index contributed by atoms with van der Waals surface area (Å²) >= 11 is 0. The van der Waals surface area contributed by atoms with Gasteiger partial charge < -0.3 is 25.0 Å². The Morgan fingerprint density at radius 1 is 1.12 bits per heavy atom. The lowest BCUT2D eigenvalue weighted by Gasteiger charge is -2.21. The quantitative estimate of drug-likeness (QED) is 0.747. The fourth-order valence-corrected chi connectivity index (χ4v) is 2.19. The molecule has 0 fully saturated rings. The van der Waals surface area contributed by atoms with E-state index in [1.807, 2.05) is 19.0 Å². The molecule has 0 bridgehead atoms. The van der Waals surface area contributed by atoms with E-state index >= 15 is 0 Å². The molecule has 1 aromatic rings. The molecule has 0 atom stereocenters. The van der Waals surface area contributed by atoms with Gasteiger partial charge in [-0.1, -0.05) is 0 Å². The topological polar surface area (TPSA) is 97.0 Å². The van der Waals surface area contributed by atoms with Gasteiger partial charge in [0.25, 0.3) is 0 Å². The molecule has 0 unspecified atom stereocenters. The van der Waals surface area contributed by atoms with Crippen molar-refractivity contribution < 1.29 is 23.9 Å². The average molecular weight is 347 g/mol. The fraction of sp³-hybridized carbons (Fsp3) is 0.353. The zero-order valence-electron chi connectivity index (χ0n) is 14.4. The van der Waals surface area contributed by atoms with Crippen LogP contribution in [0.4, 0.5) is 10.5 Å². The van der Waals surface area contributed by atoms with Crippen LogP contribution in [-0.4, -0.2) is 51.8 Å². The minimum Gasteiger partial charge on any atom is -0.463 e. The van der Waals surface area contributed by atoms with Crippen molar-refractivity contribution in [1.82, 2.24) is 10.6 Å². The third kappa shape index (κ3) is 4.72. The third-order valence-electron chi connectivity index (χ3n) is 3.54. The molecular formula is C17H21N3O5. The second kappa shape index (κ2) is 8.18. The van der Waals surface area contributed by atoms with Gasteiger partial charge in [0.05, 0.1) is 30.0 Å². The fourth-order valence-electron chi connectivity index (χ4n) is 2.19. The number of carbonyl (C=O) groups excluding carboxylic acids is 3. The molecule has 1 aliphatic rings. The molecule has 0 saturated carbocycles. The molecule has 0 spiro atoms. The number of carbonyl (C=O) groups is 3. The molecule has 0 radical (unpaired) electrons. The lowest BCUT2D eigenvalue weighted by molar-refractivity contribution is -0.138. The molecule has 2 N–H and O–H groups in total. The lowest BCUT2D eigenvalue weighted by atomic mass is 10.1. The van der Waals surface area contributed by atoms with Crippen LogP contribution in [0.2, 0.25) is 0 Å². The standard InChI is InChI=1S/C17H21N3O5/c1-4-24-16(22)13-9-18-17(23)19-14(13)10-25-15(21)11-5-7-12(8-6-11)20(2)3/h5-8H,4,9-10H2,1-3H3,(H2,18,19,23). The van der Waals surface area contributed by atoms with Crippen molar-refractivity contribution in [3.63, 3.8) is 0 Å². The van der Waals surface area contributed by atoms with Crippen molar-refractivity contribution in [2.75, 3.05) is 38.8 Å². The number of amides is 2. The molecule has 2 rings (SSSR count). The summed E-state index contributed by atoms with van der Waals surface area (Å²) in [5.41, 5.74) is 1.79. The molecular weight excluding hydrogens is 326 g/mol. The Hall–Kier alpha value is -3.03. The minimum absolute atomic E-state index is 0.0229. The van der Waals surface area contributed by atoms with E-state index in [-0.39, 0.29) is 31.0 Å². The van der Waals surface area contributed by atoms with E-state index in [2.05, 4.69) is 10.6 Å². The zero-order chi connectivity index (χ0) is 18.4. The van der Waals surface area contributed by atoms with E-state index in [1.165, 1.54) is 0 Å². The Morgan fingerprint density at radius 2 is 1.80 bits per heavy atom. The van der Waals surface area contributed by atoms with Crippen LogP contribution in [0.3, 0.4) is 0 Å². The van der Waals surface area contributed by atoms with Gasteiger partial charge in [0.2, 0.25) is 0 Å². The second-order valence-electron chi connectivity index (χ2n) is 5.50. The highest BCUT2D eigenvalue weighted by atomic mass is 16.5. The average Bonchev–Trinajstić information content (AvgIpc) is 2.60. The first kappa shape index (κ1) is 18.3. The van der Waals surface area contributed by atoms with Gasteiger partial charge in [-0.25, -0.2) is 14.4 Å². The predicted molar refractivity (Wildman–Crippen MR) is 91.2 cm³/mol. The monoisotopic (exact) mass is 347 g/mol. The van der Waals surface area contributed by atoms with Gasteiger partial charge in [-0.05, 0) is 31.2 Å². The van der Waals surface area contributed by atoms with E-state index in [9.17, 15) is 14.4 Å². The summed E-state index contributed by atoms with van der Waals surface area (Å²) in [6.07, 6.45) is 0. The maximum Gasteiger partial charge on any atom is 0.338 e. The van der Waals surface area contributed by atoms with Gasteiger partial charge in [-0.3, -0.25) is 0 Å². The van der Waals surface area contributed by atoms with Gasteiger partial charge in [-0.2, -0.15) is 0 Å². The van der Waals surface area contributed by atoms with Crippen molar-refractivity contribution in [1.29, 1.82) is 0 Å². The first-order chi connectivity index (χ1) is 11.9. The first-order valence-corrected chi connectivity index (χ1v) is 7.81. The second-order valence-corrected chi connectivity index (χ2v) is 5.50. The summed E-state index contributed by atoms with van der Waals surface area (Å²) < 4.78 is 10.2. The van der Waals surface area contributed by atoms with Crippen LogP contribution in [0.25, 0.3) is 0 Å². The SMILES string of the molecule is CCOC(=O)C1=C(COC(=O)c2ccc(N(C)C)cc2)NC(=O)NC1. The van der Waals surface area contributed by atoms with E-state index in [0.29, 0.717) is 5.56 Å². The molecule has 1 aliphatic heterocycles. The number of rotatable bonds is 6. The van der Waals surface area contributed by atoms with E-state index < -0.39 is 18.0 Å². The van der Waals surface area contributed by atoms with Gasteiger partial charge in [0.1, 0.15) is 6.61 Å². The molecule has 25 heavy (non-hydrogen) atoms. The van der Waals surface area contributed by atoms with Gasteiger partial charge in [0, 0.05) is 19.8 Å². The highest BCUT2D eigenvalue weighted by molar-refractivity contribution is 5.94. The Labute approximate surface area is 145 Å². The molecule has 8 heteroatoms. The Balaban J connectivity index is 2.07. The summed E-state index contributed by atoms with van der Waals surface area (Å²) in [4.78, 5) is 37.4. The van der Waals surface area contributed by atoms with E-state index in [1.54, 1.807) is 31.2 Å². The number of esters is 2. The highest BCUT2D eigenvalue weighted by Gasteiger charge is 2.24. The largest absolute Gasteiger partial charge is 0.463 e. The number of hydrogen-bond acceptors (Lipinski definition) is 6. The van der Waals surface area contributed by atoms with Crippen LogP contribution in [0.1, 0.15) is 17.3 Å². The van der Waals surface area contributed by atoms with Crippen molar-refractivity contribution in [2.24, 2.45) is 0 Å². The third-order valence-corrected chi connectivity index (χ3v) is 3.54. The summed E-state index contributed by atoms with van der Waals surface area (Å²) in [5.74, 6) is -1.11. The lowest BCUT2D eigenvalue weighted by Crippen LogP contribution is -2.45. The Kier molecular flexibility index (Phi) is 5.99. The van der Waals surface area contributed by atoms with Crippen LogP contribution in [0, 0.1) is 0 Å². The summed E-state index contributed by atoms with van der Waals surface area (Å²) in [6, 6.07) is 6.44. The number of nitrogens with zero attached hydrogens (tertiary/aromatic N) is 1. The molecule has 0 aromatic heterocycles. The number of nitrogens with one attached hydrogen (secondary N) is 2. The smallest absolute Gasteiger partial charge is 0.338 e. The highest BCUT2D eigenvalue weighted by Crippen LogP contribution is 2.14. The summed E-state index contributed by atoms with van der Waals surface area (Å²) in [6.45, 7) is 1.69. The van der Waals surface area contributed by atoms with Gasteiger partial charge in [-0.15, -0.1) is 0 Å². The normalized spacial score (nSPS) is 13.6. The van der Waals surface area contributed by atoms with Crippen LogP contribution in [0.5, 0.6) is 0 Å². The number of ether oxygens (including phenoxy) is 2. The number of urea groups is 1. The summed E-state index contributed by atoms with van der Waals surface area (Å²) in [5, 5.41) is 4.97. The van der Waals surface area contributed by atoms with Crippen LogP contribution >= 0.6 is 0 Å². The number of anilines is 1. The molecule has 0 saturated heterocycles. The maximum atomic E-state index is 12.1. The molecule has 1 heterocycles. The molecule has 134 valence electrons. The molecule has 2 amide bonds. The van der Waals surface area contributed by atoms with Crippen LogP contribution in [0.15, 0.2) is 35.5 Å². The van der Waals surface area contributed by atoms with Crippen molar-refractivity contribution in [3.05, 3.63) is 41.1 Å². The molecule has 8 nitrogen and oxygen atoms in total. The predicted octanol–water partition coefficient (Wildman–Crippen LogP) is 1.04. The van der Waals surface area contributed by atoms with Crippen LogP contribution in [-0.2, 0) is 14.3 Å². The minimum atomic E-state index is -0.559. The number of benzene rings is 1. The first-order valence-electron chi connectivity index (χ1n) is 7.81. The summed E-state index contributed by atoms with van der Waals surface area (Å²) in [7, 11) is 3.80. The van der Waals surface area contributed by atoms with Crippen molar-refractivity contribution in [2.45, 2.75) is 6.92 Å². The van der Waals surface area contributed by atoms with E-state index in [0.717, 1.165) is 5.69 Å². The van der Waals surface area contributed by atoms with Crippen molar-refractivity contribution in [3.8, 4) is 0 Å². The number of hydrogen-bond donors (Lipinski definition) is 2. The van der Waals surface area contributed by atoms with E-state index in [4.69, 9.17) is 9.47 Å². The van der Waals surface area contributed by atoms with Crippen molar-refractivity contribution >= 4 is 23.7 Å². The Bertz CT molecular complexity index is 695. The zero-order valence-corrected chi connectivity index (χ0v) is 14.4. The Morgan fingerprint density at radius 3 is 2.40 bits per heavy atom. The molecule has 0 aliphatic carbocycles. The van der Waals surface area contributed by atoms with Crippen LogP contribution < -0.4 is 15.5 Å². The molecule has 1 aromatic carbocycles. The van der Waals surface area contributed by atoms with Gasteiger partial charge in [0.15, 0.2) is 0 Å². The maximum absolute atomic E-state index is 12.1.